The number of benzene rings is 1. The molecule has 0 saturated carbocycles. The lowest BCUT2D eigenvalue weighted by Gasteiger charge is -2.11. The zero-order valence-electron chi connectivity index (χ0n) is 9.62. The van der Waals surface area contributed by atoms with E-state index >= 15 is 0 Å². The third-order valence-electron chi connectivity index (χ3n) is 1.90. The molecule has 0 bridgehead atoms. The summed E-state index contributed by atoms with van der Waals surface area (Å²) >= 11 is 5.63. The van der Waals surface area contributed by atoms with Crippen molar-refractivity contribution in [3.63, 3.8) is 0 Å². The van der Waals surface area contributed by atoms with Crippen LogP contribution in [-0.4, -0.2) is 23.7 Å². The van der Waals surface area contributed by atoms with Crippen molar-refractivity contribution in [1.82, 2.24) is 5.48 Å². The number of urea groups is 1. The van der Waals surface area contributed by atoms with Crippen LogP contribution in [0.25, 0.3) is 0 Å². The monoisotopic (exact) mass is 312 g/mol. The van der Waals surface area contributed by atoms with Gasteiger partial charge < -0.3 is 10.4 Å². The van der Waals surface area contributed by atoms with Crippen LogP contribution in [0.3, 0.4) is 0 Å². The van der Waals surface area contributed by atoms with Crippen LogP contribution in [0.5, 0.6) is 0 Å². The Balaban J connectivity index is 2.71. The maximum Gasteiger partial charge on any atom is 0.416 e. The van der Waals surface area contributed by atoms with Gasteiger partial charge in [0.05, 0.1) is 16.3 Å². The van der Waals surface area contributed by atoms with Crippen molar-refractivity contribution in [2.75, 3.05) is 11.9 Å². The Labute approximate surface area is 115 Å². The summed E-state index contributed by atoms with van der Waals surface area (Å²) in [7, 11) is 0. The van der Waals surface area contributed by atoms with Gasteiger partial charge in [0, 0.05) is 0 Å². The average Bonchev–Trinajstić information content (AvgIpc) is 2.30. The molecule has 0 saturated heterocycles. The predicted octanol–water partition coefficient (Wildman–Crippen LogP) is 2.50. The molecule has 1 rings (SSSR count). The van der Waals surface area contributed by atoms with Crippen LogP contribution in [-0.2, 0) is 15.8 Å². The van der Waals surface area contributed by atoms with Crippen LogP contribution < -0.4 is 10.8 Å². The maximum atomic E-state index is 12.5. The van der Waals surface area contributed by atoms with E-state index in [0.29, 0.717) is 6.07 Å². The number of carboxylic acids is 1. The minimum atomic E-state index is -4.59. The Bertz CT molecular complexity index is 522. The van der Waals surface area contributed by atoms with Crippen LogP contribution in [0, 0.1) is 0 Å². The molecule has 0 unspecified atom stereocenters. The molecule has 1 aromatic carbocycles. The second-order valence-electron chi connectivity index (χ2n) is 3.43. The normalized spacial score (nSPS) is 11.0. The van der Waals surface area contributed by atoms with Crippen molar-refractivity contribution in [1.29, 1.82) is 0 Å². The SMILES string of the molecule is O=C(O)CONC(=O)Nc1cc(C(F)(F)F)ccc1Cl. The first kappa shape index (κ1) is 16.1. The molecule has 110 valence electrons. The van der Waals surface area contributed by atoms with E-state index < -0.39 is 30.3 Å². The van der Waals surface area contributed by atoms with Gasteiger partial charge in [-0.15, -0.1) is 0 Å². The molecule has 6 nitrogen and oxygen atoms in total. The van der Waals surface area contributed by atoms with E-state index in [1.54, 1.807) is 5.48 Å². The highest BCUT2D eigenvalue weighted by Crippen LogP contribution is 2.33. The van der Waals surface area contributed by atoms with Crippen LogP contribution in [0.1, 0.15) is 5.56 Å². The van der Waals surface area contributed by atoms with Gasteiger partial charge in [0.15, 0.2) is 6.61 Å². The highest BCUT2D eigenvalue weighted by Gasteiger charge is 2.31. The Kier molecular flexibility index (Phi) is 5.17. The third-order valence-corrected chi connectivity index (χ3v) is 2.23. The molecule has 0 heterocycles. The highest BCUT2D eigenvalue weighted by molar-refractivity contribution is 6.33. The quantitative estimate of drug-likeness (QED) is 0.745. The largest absolute Gasteiger partial charge is 0.479 e. The molecule has 0 aliphatic heterocycles. The van der Waals surface area contributed by atoms with Crippen molar-refractivity contribution in [2.45, 2.75) is 6.18 Å². The van der Waals surface area contributed by atoms with E-state index in [2.05, 4.69) is 4.84 Å². The summed E-state index contributed by atoms with van der Waals surface area (Å²) in [5.41, 5.74) is 0.387. The van der Waals surface area contributed by atoms with Gasteiger partial charge in [0.1, 0.15) is 0 Å². The summed E-state index contributed by atoms with van der Waals surface area (Å²) in [4.78, 5) is 25.6. The topological polar surface area (TPSA) is 87.7 Å². The zero-order chi connectivity index (χ0) is 15.3. The Hall–Kier alpha value is -2.00. The van der Waals surface area contributed by atoms with Crippen molar-refractivity contribution in [3.05, 3.63) is 28.8 Å². The number of carboxylic acid groups (broad SMARTS) is 1. The standard InChI is InChI=1S/C10H8ClF3N2O4/c11-6-2-1-5(10(12,13)14)3-7(6)15-9(19)16-20-4-8(17)18/h1-3H,4H2,(H,17,18)(H2,15,16,19). The number of hydroxylamine groups is 1. The highest BCUT2D eigenvalue weighted by atomic mass is 35.5. The van der Waals surface area contributed by atoms with Gasteiger partial charge >= 0.3 is 18.2 Å². The van der Waals surface area contributed by atoms with E-state index in [0.717, 1.165) is 12.1 Å². The first-order valence-electron chi connectivity index (χ1n) is 4.97. The fourth-order valence-electron chi connectivity index (χ4n) is 1.11. The smallest absolute Gasteiger partial charge is 0.416 e. The van der Waals surface area contributed by atoms with E-state index in [1.165, 1.54) is 0 Å². The minimum absolute atomic E-state index is 0.119. The number of nitrogens with one attached hydrogen (secondary N) is 2. The summed E-state index contributed by atoms with van der Waals surface area (Å²) in [5, 5.41) is 10.1. The molecule has 3 N–H and O–H groups in total. The molecular weight excluding hydrogens is 305 g/mol. The molecule has 0 aliphatic carbocycles. The molecule has 2 amide bonds. The molecule has 0 radical (unpaired) electrons. The number of aliphatic carboxylic acids is 1. The van der Waals surface area contributed by atoms with E-state index in [9.17, 15) is 22.8 Å². The second kappa shape index (κ2) is 6.44. The molecule has 0 aliphatic rings. The number of halogens is 4. The average molecular weight is 313 g/mol. The lowest BCUT2D eigenvalue weighted by molar-refractivity contribution is -0.144. The van der Waals surface area contributed by atoms with Gasteiger partial charge in [-0.05, 0) is 18.2 Å². The number of carbonyl (C=O) groups is 2. The maximum absolute atomic E-state index is 12.5. The molecular formula is C10H8ClF3N2O4. The first-order chi connectivity index (χ1) is 9.20. The van der Waals surface area contributed by atoms with Gasteiger partial charge in [0.25, 0.3) is 0 Å². The number of carbonyl (C=O) groups excluding carboxylic acids is 1. The minimum Gasteiger partial charge on any atom is -0.479 e. The van der Waals surface area contributed by atoms with Crippen LogP contribution >= 0.6 is 11.6 Å². The van der Waals surface area contributed by atoms with Crippen molar-refractivity contribution >= 4 is 29.3 Å². The lowest BCUT2D eigenvalue weighted by atomic mass is 10.2. The molecule has 10 heteroatoms. The summed E-state index contributed by atoms with van der Waals surface area (Å²) in [6.07, 6.45) is -4.59. The number of amides is 2. The first-order valence-corrected chi connectivity index (χ1v) is 5.35. The van der Waals surface area contributed by atoms with Gasteiger partial charge in [-0.1, -0.05) is 11.6 Å². The third kappa shape index (κ3) is 4.94. The van der Waals surface area contributed by atoms with Crippen LogP contribution in [0.15, 0.2) is 18.2 Å². The number of hydrogen-bond acceptors (Lipinski definition) is 3. The van der Waals surface area contributed by atoms with Crippen molar-refractivity contribution < 1.29 is 32.7 Å². The number of hydrogen-bond donors (Lipinski definition) is 3. The molecule has 20 heavy (non-hydrogen) atoms. The van der Waals surface area contributed by atoms with Gasteiger partial charge in [-0.2, -0.15) is 13.2 Å². The molecule has 0 spiro atoms. The summed E-state index contributed by atoms with van der Waals surface area (Å²) < 4.78 is 37.4. The second-order valence-corrected chi connectivity index (χ2v) is 3.84. The molecule has 1 aromatic rings. The van der Waals surface area contributed by atoms with Crippen LogP contribution in [0.4, 0.5) is 23.7 Å². The van der Waals surface area contributed by atoms with Crippen molar-refractivity contribution in [3.8, 4) is 0 Å². The van der Waals surface area contributed by atoms with Crippen LogP contribution in [0.2, 0.25) is 5.02 Å². The molecule has 0 aromatic heterocycles. The fourth-order valence-corrected chi connectivity index (χ4v) is 1.27. The van der Waals surface area contributed by atoms with E-state index in [4.69, 9.17) is 16.7 Å². The molecule has 0 fully saturated rings. The number of rotatable bonds is 4. The Morgan fingerprint density at radius 2 is 2.00 bits per heavy atom. The van der Waals surface area contributed by atoms with Gasteiger partial charge in [-0.25, -0.2) is 15.1 Å². The summed E-state index contributed by atoms with van der Waals surface area (Å²) in [5.74, 6) is -1.33. The number of anilines is 1. The molecule has 0 atom stereocenters. The fraction of sp³-hybridized carbons (Fsp3) is 0.200. The van der Waals surface area contributed by atoms with E-state index in [1.807, 2.05) is 5.32 Å². The summed E-state index contributed by atoms with van der Waals surface area (Å²) in [6.45, 7) is -0.802. The predicted molar refractivity (Wildman–Crippen MR) is 62.2 cm³/mol. The lowest BCUT2D eigenvalue weighted by Crippen LogP contribution is -2.31. The summed E-state index contributed by atoms with van der Waals surface area (Å²) in [6, 6.07) is 1.30. The Morgan fingerprint density at radius 3 is 2.55 bits per heavy atom. The zero-order valence-corrected chi connectivity index (χ0v) is 10.4. The van der Waals surface area contributed by atoms with E-state index in [-0.39, 0.29) is 10.7 Å². The van der Waals surface area contributed by atoms with Gasteiger partial charge in [0.2, 0.25) is 0 Å². The number of alkyl halides is 3. The van der Waals surface area contributed by atoms with Crippen molar-refractivity contribution in [2.24, 2.45) is 0 Å². The van der Waals surface area contributed by atoms with Gasteiger partial charge in [-0.3, -0.25) is 4.84 Å². The Morgan fingerprint density at radius 1 is 1.35 bits per heavy atom.